The van der Waals surface area contributed by atoms with Gasteiger partial charge in [-0.15, -0.1) is 0 Å². The van der Waals surface area contributed by atoms with Crippen LogP contribution in [0.25, 0.3) is 0 Å². The van der Waals surface area contributed by atoms with E-state index < -0.39 is 4.92 Å². The highest BCUT2D eigenvalue weighted by Crippen LogP contribution is 2.39. The van der Waals surface area contributed by atoms with Crippen LogP contribution in [0.4, 0.5) is 5.69 Å². The fourth-order valence-electron chi connectivity index (χ4n) is 3.58. The standard InChI is InChI=1S/C15H20ClN3O2/c16-13-2-1-12(9-14(13)19(20)21)10-18-8-5-15(11-18)3-6-17-7-4-15/h1-2,9,17H,3-8,10-11H2. The first kappa shape index (κ1) is 14.8. The van der Waals surface area contributed by atoms with Crippen molar-refractivity contribution in [2.45, 2.75) is 25.8 Å². The largest absolute Gasteiger partial charge is 0.317 e. The summed E-state index contributed by atoms with van der Waals surface area (Å²) in [4.78, 5) is 13.0. The van der Waals surface area contributed by atoms with Crippen LogP contribution in [0, 0.1) is 15.5 Å². The van der Waals surface area contributed by atoms with E-state index in [1.807, 2.05) is 6.07 Å². The molecule has 2 fully saturated rings. The highest BCUT2D eigenvalue weighted by molar-refractivity contribution is 6.32. The Hall–Kier alpha value is -1.17. The summed E-state index contributed by atoms with van der Waals surface area (Å²) in [6, 6.07) is 5.13. The van der Waals surface area contributed by atoms with E-state index in [2.05, 4.69) is 10.2 Å². The molecule has 0 aromatic heterocycles. The highest BCUT2D eigenvalue weighted by atomic mass is 35.5. The molecule has 1 aromatic carbocycles. The number of piperidine rings is 1. The number of nitrogens with zero attached hydrogens (tertiary/aromatic N) is 2. The molecule has 1 spiro atoms. The minimum Gasteiger partial charge on any atom is -0.317 e. The summed E-state index contributed by atoms with van der Waals surface area (Å²) in [5, 5.41) is 14.6. The fraction of sp³-hybridized carbons (Fsp3) is 0.600. The van der Waals surface area contributed by atoms with Crippen molar-refractivity contribution in [3.63, 3.8) is 0 Å². The molecule has 1 N–H and O–H groups in total. The smallest absolute Gasteiger partial charge is 0.288 e. The molecular formula is C15H20ClN3O2. The average Bonchev–Trinajstić information content (AvgIpc) is 2.84. The second-order valence-corrected chi connectivity index (χ2v) is 6.66. The number of rotatable bonds is 3. The third-order valence-corrected chi connectivity index (χ3v) is 5.11. The van der Waals surface area contributed by atoms with Crippen molar-refractivity contribution in [3.05, 3.63) is 38.9 Å². The van der Waals surface area contributed by atoms with Gasteiger partial charge in [0.05, 0.1) is 4.92 Å². The van der Waals surface area contributed by atoms with E-state index in [9.17, 15) is 10.1 Å². The van der Waals surface area contributed by atoms with Crippen LogP contribution >= 0.6 is 11.6 Å². The number of nitro groups is 1. The monoisotopic (exact) mass is 309 g/mol. The summed E-state index contributed by atoms with van der Waals surface area (Å²) >= 11 is 5.86. The molecule has 114 valence electrons. The molecule has 2 saturated heterocycles. The van der Waals surface area contributed by atoms with Crippen LogP contribution in [-0.2, 0) is 6.54 Å². The van der Waals surface area contributed by atoms with Gasteiger partial charge < -0.3 is 5.32 Å². The summed E-state index contributed by atoms with van der Waals surface area (Å²) in [5.74, 6) is 0. The van der Waals surface area contributed by atoms with Gasteiger partial charge in [-0.25, -0.2) is 0 Å². The van der Waals surface area contributed by atoms with Crippen molar-refractivity contribution in [3.8, 4) is 0 Å². The van der Waals surface area contributed by atoms with Gasteiger partial charge >= 0.3 is 0 Å². The Bertz CT molecular complexity index is 544. The van der Waals surface area contributed by atoms with Gasteiger partial charge in [-0.2, -0.15) is 0 Å². The third-order valence-electron chi connectivity index (χ3n) is 4.80. The first-order chi connectivity index (χ1) is 10.1. The first-order valence-corrected chi connectivity index (χ1v) is 7.82. The average molecular weight is 310 g/mol. The normalized spacial score (nSPS) is 21.8. The Labute approximate surface area is 129 Å². The minimum absolute atomic E-state index is 0.00458. The Morgan fingerprint density at radius 2 is 2.10 bits per heavy atom. The van der Waals surface area contributed by atoms with E-state index in [-0.39, 0.29) is 10.7 Å². The third kappa shape index (κ3) is 3.20. The number of halogens is 1. The maximum atomic E-state index is 11.0. The van der Waals surface area contributed by atoms with E-state index in [4.69, 9.17) is 11.6 Å². The number of nitrogens with one attached hydrogen (secondary N) is 1. The molecule has 6 heteroatoms. The summed E-state index contributed by atoms with van der Waals surface area (Å²) in [6.07, 6.45) is 3.72. The maximum absolute atomic E-state index is 11.0. The van der Waals surface area contributed by atoms with Crippen LogP contribution in [0.2, 0.25) is 5.02 Å². The second-order valence-electron chi connectivity index (χ2n) is 6.25. The highest BCUT2D eigenvalue weighted by Gasteiger charge is 2.38. The van der Waals surface area contributed by atoms with Crippen molar-refractivity contribution in [1.29, 1.82) is 0 Å². The molecule has 2 aliphatic rings. The van der Waals surface area contributed by atoms with Gasteiger partial charge in [-0.1, -0.05) is 17.7 Å². The molecule has 2 heterocycles. The van der Waals surface area contributed by atoms with Crippen molar-refractivity contribution < 1.29 is 4.92 Å². The number of hydrogen-bond acceptors (Lipinski definition) is 4. The van der Waals surface area contributed by atoms with Crippen LogP contribution in [-0.4, -0.2) is 36.0 Å². The predicted octanol–water partition coefficient (Wildman–Crippen LogP) is 2.82. The summed E-state index contributed by atoms with van der Waals surface area (Å²) < 4.78 is 0. The van der Waals surface area contributed by atoms with E-state index in [0.717, 1.165) is 38.3 Å². The van der Waals surface area contributed by atoms with Crippen molar-refractivity contribution in [2.24, 2.45) is 5.41 Å². The number of hydrogen-bond donors (Lipinski definition) is 1. The molecule has 1 aromatic rings. The predicted molar refractivity (Wildman–Crippen MR) is 82.5 cm³/mol. The Morgan fingerprint density at radius 1 is 1.33 bits per heavy atom. The molecule has 0 bridgehead atoms. The molecule has 0 unspecified atom stereocenters. The molecule has 0 aliphatic carbocycles. The lowest BCUT2D eigenvalue weighted by molar-refractivity contribution is -0.384. The number of nitro benzene ring substituents is 1. The first-order valence-electron chi connectivity index (χ1n) is 7.44. The van der Waals surface area contributed by atoms with Gasteiger partial charge in [0.15, 0.2) is 0 Å². The molecular weight excluding hydrogens is 290 g/mol. The van der Waals surface area contributed by atoms with Crippen molar-refractivity contribution in [1.82, 2.24) is 10.2 Å². The van der Waals surface area contributed by atoms with Gasteiger partial charge in [0.1, 0.15) is 5.02 Å². The van der Waals surface area contributed by atoms with Crippen LogP contribution in [0.3, 0.4) is 0 Å². The molecule has 2 aliphatic heterocycles. The van der Waals surface area contributed by atoms with Gasteiger partial charge in [0, 0.05) is 19.2 Å². The zero-order chi connectivity index (χ0) is 14.9. The van der Waals surface area contributed by atoms with E-state index in [1.165, 1.54) is 19.3 Å². The minimum atomic E-state index is -0.413. The quantitative estimate of drug-likeness (QED) is 0.689. The second kappa shape index (κ2) is 5.91. The molecule has 3 rings (SSSR count). The number of likely N-dealkylation sites (tertiary alicyclic amines) is 1. The van der Waals surface area contributed by atoms with E-state index in [0.29, 0.717) is 5.41 Å². The van der Waals surface area contributed by atoms with Crippen molar-refractivity contribution >= 4 is 17.3 Å². The lowest BCUT2D eigenvalue weighted by atomic mass is 9.78. The zero-order valence-corrected chi connectivity index (χ0v) is 12.7. The van der Waals surface area contributed by atoms with Crippen LogP contribution in [0.1, 0.15) is 24.8 Å². The molecule has 0 radical (unpaired) electrons. The van der Waals surface area contributed by atoms with Crippen LogP contribution < -0.4 is 5.32 Å². The lowest BCUT2D eigenvalue weighted by Crippen LogP contribution is -2.38. The van der Waals surface area contributed by atoms with Gasteiger partial charge in [-0.3, -0.25) is 15.0 Å². The van der Waals surface area contributed by atoms with Crippen LogP contribution in [0.5, 0.6) is 0 Å². The lowest BCUT2D eigenvalue weighted by Gasteiger charge is -2.33. The van der Waals surface area contributed by atoms with E-state index >= 15 is 0 Å². The SMILES string of the molecule is O=[N+]([O-])c1cc(CN2CCC3(CCNCC3)C2)ccc1Cl. The summed E-state index contributed by atoms with van der Waals surface area (Å²) in [5.41, 5.74) is 1.44. The molecule has 0 atom stereocenters. The summed E-state index contributed by atoms with van der Waals surface area (Å²) in [6.45, 7) is 5.18. The zero-order valence-electron chi connectivity index (χ0n) is 12.0. The maximum Gasteiger partial charge on any atom is 0.288 e. The van der Waals surface area contributed by atoms with Gasteiger partial charge in [0.25, 0.3) is 5.69 Å². The Morgan fingerprint density at radius 3 is 2.81 bits per heavy atom. The van der Waals surface area contributed by atoms with Crippen molar-refractivity contribution in [2.75, 3.05) is 26.2 Å². The van der Waals surface area contributed by atoms with Crippen LogP contribution in [0.15, 0.2) is 18.2 Å². The van der Waals surface area contributed by atoms with Gasteiger partial charge in [-0.05, 0) is 55.9 Å². The number of benzene rings is 1. The molecule has 0 saturated carbocycles. The Kier molecular flexibility index (Phi) is 4.15. The van der Waals surface area contributed by atoms with Gasteiger partial charge in [0.2, 0.25) is 0 Å². The molecule has 21 heavy (non-hydrogen) atoms. The van der Waals surface area contributed by atoms with E-state index in [1.54, 1.807) is 12.1 Å². The topological polar surface area (TPSA) is 58.4 Å². The summed E-state index contributed by atoms with van der Waals surface area (Å²) in [7, 11) is 0. The molecule has 5 nitrogen and oxygen atoms in total. The Balaban J connectivity index is 1.67. The molecule has 0 amide bonds. The fourth-order valence-corrected chi connectivity index (χ4v) is 3.77.